The average Bonchev–Trinajstić information content (AvgIpc) is 2.45. The zero-order chi connectivity index (χ0) is 18.8. The van der Waals surface area contributed by atoms with Gasteiger partial charge in [-0.25, -0.2) is 17.7 Å². The van der Waals surface area contributed by atoms with Gasteiger partial charge >= 0.3 is 0 Å². The first-order chi connectivity index (χ1) is 11.6. The third-order valence-corrected chi connectivity index (χ3v) is 5.46. The molecular weight excluding hydrogens is 403 g/mol. The van der Waals surface area contributed by atoms with E-state index in [0.717, 1.165) is 15.5 Å². The van der Waals surface area contributed by atoms with Crippen LogP contribution in [-0.4, -0.2) is 32.0 Å². The number of nitrogens with zero attached hydrogens (tertiary/aromatic N) is 2. The van der Waals surface area contributed by atoms with Crippen molar-refractivity contribution >= 4 is 56.5 Å². The minimum atomic E-state index is -3.71. The Hall–Kier alpha value is -1.15. The number of benzene rings is 1. The Kier molecular flexibility index (Phi) is 6.48. The predicted octanol–water partition coefficient (Wildman–Crippen LogP) is 5.00. The normalized spacial score (nSPS) is 11.6. The lowest BCUT2D eigenvalue weighted by Gasteiger charge is -2.24. The fraction of sp³-hybridized carbons (Fsp3) is 0.312. The molecule has 0 aliphatic carbocycles. The van der Waals surface area contributed by atoms with E-state index in [1.54, 1.807) is 24.0 Å². The largest absolute Gasteiger partial charge is 0.493 e. The Morgan fingerprint density at radius 2 is 1.76 bits per heavy atom. The summed E-state index contributed by atoms with van der Waals surface area (Å²) in [6.45, 7) is 4.11. The lowest BCUT2D eigenvalue weighted by atomic mass is 10.3. The highest BCUT2D eigenvalue weighted by Gasteiger charge is 2.26. The van der Waals surface area contributed by atoms with Gasteiger partial charge in [0.25, 0.3) is 0 Å². The third kappa shape index (κ3) is 5.17. The molecule has 0 saturated carbocycles. The first-order valence-electron chi connectivity index (χ1n) is 7.29. The van der Waals surface area contributed by atoms with Gasteiger partial charge < -0.3 is 4.74 Å². The van der Waals surface area contributed by atoms with Crippen LogP contribution in [0.1, 0.15) is 13.8 Å². The molecule has 0 saturated heterocycles. The monoisotopic (exact) mass is 420 g/mol. The predicted molar refractivity (Wildman–Crippen MR) is 105 cm³/mol. The molecule has 2 aromatic rings. The van der Waals surface area contributed by atoms with Crippen molar-refractivity contribution in [1.82, 2.24) is 4.98 Å². The highest BCUT2D eigenvalue weighted by molar-refractivity contribution is 7.99. The second kappa shape index (κ2) is 8.03. The maximum Gasteiger partial charge on any atom is 0.237 e. The fourth-order valence-electron chi connectivity index (χ4n) is 2.19. The van der Waals surface area contributed by atoms with Gasteiger partial charge in [0.05, 0.1) is 19.1 Å². The number of methoxy groups -OCH3 is 1. The summed E-state index contributed by atoms with van der Waals surface area (Å²) in [6.07, 6.45) is 2.70. The van der Waals surface area contributed by atoms with Crippen molar-refractivity contribution in [3.05, 3.63) is 40.5 Å². The maximum absolute atomic E-state index is 12.4. The molecule has 0 bridgehead atoms. The maximum atomic E-state index is 12.4. The van der Waals surface area contributed by atoms with Crippen molar-refractivity contribution in [2.75, 3.05) is 17.7 Å². The van der Waals surface area contributed by atoms with Gasteiger partial charge in [0.1, 0.15) is 0 Å². The van der Waals surface area contributed by atoms with E-state index >= 15 is 0 Å². The average molecular weight is 421 g/mol. The molecule has 1 heterocycles. The number of sulfonamides is 1. The van der Waals surface area contributed by atoms with Crippen LogP contribution in [0.4, 0.5) is 11.5 Å². The number of anilines is 2. The zero-order valence-corrected chi connectivity index (χ0v) is 17.3. The molecule has 0 amide bonds. The van der Waals surface area contributed by atoms with E-state index in [2.05, 4.69) is 18.8 Å². The molecule has 25 heavy (non-hydrogen) atoms. The molecule has 1 aromatic heterocycles. The van der Waals surface area contributed by atoms with Crippen molar-refractivity contribution in [3.63, 3.8) is 0 Å². The Bertz CT molecular complexity index is 853. The smallest absolute Gasteiger partial charge is 0.237 e. The third-order valence-electron chi connectivity index (χ3n) is 3.01. The van der Waals surface area contributed by atoms with E-state index in [-0.39, 0.29) is 11.5 Å². The number of rotatable bonds is 6. The van der Waals surface area contributed by atoms with Crippen LogP contribution >= 0.6 is 35.0 Å². The first kappa shape index (κ1) is 20.2. The van der Waals surface area contributed by atoms with Crippen LogP contribution < -0.4 is 9.04 Å². The van der Waals surface area contributed by atoms with Gasteiger partial charge in [-0.2, -0.15) is 0 Å². The van der Waals surface area contributed by atoms with Gasteiger partial charge in [0, 0.05) is 26.4 Å². The van der Waals surface area contributed by atoms with Crippen molar-refractivity contribution in [2.45, 2.75) is 24.0 Å². The van der Waals surface area contributed by atoms with Gasteiger partial charge in [0.15, 0.2) is 11.6 Å². The van der Waals surface area contributed by atoms with Crippen LogP contribution in [0, 0.1) is 0 Å². The number of hydrogen-bond donors (Lipinski definition) is 0. The first-order valence-corrected chi connectivity index (χ1v) is 10.8. The summed E-state index contributed by atoms with van der Waals surface area (Å²) in [6, 6.07) is 6.30. The number of aromatic nitrogens is 1. The van der Waals surface area contributed by atoms with E-state index in [4.69, 9.17) is 27.9 Å². The lowest BCUT2D eigenvalue weighted by molar-refractivity contribution is 0.413. The lowest BCUT2D eigenvalue weighted by Crippen LogP contribution is -2.26. The van der Waals surface area contributed by atoms with Crippen molar-refractivity contribution in [2.24, 2.45) is 0 Å². The molecule has 0 N–H and O–H groups in total. The summed E-state index contributed by atoms with van der Waals surface area (Å²) in [5.74, 6) is 0.489. The van der Waals surface area contributed by atoms with Crippen LogP contribution in [0.2, 0.25) is 10.0 Å². The Labute approximate surface area is 162 Å². The number of hydrogen-bond acceptors (Lipinski definition) is 5. The standard InChI is InChI=1S/C16H18Cl2N2O3S2/c1-10(2)24-14-8-15(23-3)16(19-9-14)20(25(4,21)22)13-6-11(17)5-12(18)7-13/h5-10H,1-4H3. The molecule has 0 aliphatic rings. The van der Waals surface area contributed by atoms with E-state index in [0.29, 0.717) is 21.0 Å². The molecule has 5 nitrogen and oxygen atoms in total. The fourth-order valence-corrected chi connectivity index (χ4v) is 4.47. The van der Waals surface area contributed by atoms with E-state index in [9.17, 15) is 8.42 Å². The van der Waals surface area contributed by atoms with Crippen LogP contribution in [0.25, 0.3) is 0 Å². The Balaban J connectivity index is 2.63. The van der Waals surface area contributed by atoms with Gasteiger partial charge in [-0.1, -0.05) is 37.0 Å². The van der Waals surface area contributed by atoms with Crippen molar-refractivity contribution < 1.29 is 13.2 Å². The summed E-state index contributed by atoms with van der Waals surface area (Å²) in [5, 5.41) is 0.999. The van der Waals surface area contributed by atoms with E-state index in [1.807, 2.05) is 0 Å². The molecule has 0 unspecified atom stereocenters. The molecule has 0 atom stereocenters. The molecule has 2 rings (SSSR count). The van der Waals surface area contributed by atoms with Crippen LogP contribution in [-0.2, 0) is 10.0 Å². The zero-order valence-electron chi connectivity index (χ0n) is 14.2. The second-order valence-corrected chi connectivity index (χ2v) is 9.87. The number of thioether (sulfide) groups is 1. The van der Waals surface area contributed by atoms with E-state index < -0.39 is 10.0 Å². The van der Waals surface area contributed by atoms with Gasteiger partial charge in [-0.15, -0.1) is 11.8 Å². The summed E-state index contributed by atoms with van der Waals surface area (Å²) in [5.41, 5.74) is 0.287. The molecular formula is C16H18Cl2N2O3S2. The molecule has 0 aliphatic heterocycles. The molecule has 0 fully saturated rings. The summed E-state index contributed by atoms with van der Waals surface area (Å²) >= 11 is 13.7. The van der Waals surface area contributed by atoms with Crippen LogP contribution in [0.5, 0.6) is 5.75 Å². The Morgan fingerprint density at radius 3 is 2.24 bits per heavy atom. The van der Waals surface area contributed by atoms with Gasteiger partial charge in [-0.05, 0) is 24.3 Å². The quantitative estimate of drug-likeness (QED) is 0.615. The van der Waals surface area contributed by atoms with Gasteiger partial charge in [0.2, 0.25) is 10.0 Å². The second-order valence-electron chi connectivity index (χ2n) is 5.52. The van der Waals surface area contributed by atoms with Crippen LogP contribution in [0.15, 0.2) is 35.4 Å². The minimum Gasteiger partial charge on any atom is -0.493 e. The molecule has 0 radical (unpaired) electrons. The highest BCUT2D eigenvalue weighted by Crippen LogP contribution is 2.38. The summed E-state index contributed by atoms with van der Waals surface area (Å²) < 4.78 is 31.3. The molecule has 9 heteroatoms. The molecule has 1 aromatic carbocycles. The number of ether oxygens (including phenoxy) is 1. The highest BCUT2D eigenvalue weighted by atomic mass is 35.5. The number of halogens is 2. The molecule has 0 spiro atoms. The van der Waals surface area contributed by atoms with Crippen molar-refractivity contribution in [3.8, 4) is 5.75 Å². The minimum absolute atomic E-state index is 0.149. The molecule has 136 valence electrons. The SMILES string of the molecule is COc1cc(SC(C)C)cnc1N(c1cc(Cl)cc(Cl)c1)S(C)(=O)=O. The van der Waals surface area contributed by atoms with Gasteiger partial charge in [-0.3, -0.25) is 0 Å². The van der Waals surface area contributed by atoms with Crippen molar-refractivity contribution in [1.29, 1.82) is 0 Å². The van der Waals surface area contributed by atoms with E-state index in [1.165, 1.54) is 25.3 Å². The topological polar surface area (TPSA) is 59.5 Å². The number of pyridine rings is 1. The van der Waals surface area contributed by atoms with Crippen LogP contribution in [0.3, 0.4) is 0 Å². The summed E-state index contributed by atoms with van der Waals surface area (Å²) in [4.78, 5) is 5.20. The summed E-state index contributed by atoms with van der Waals surface area (Å²) in [7, 11) is -2.24. The Morgan fingerprint density at radius 1 is 1.16 bits per heavy atom.